The zero-order valence-corrected chi connectivity index (χ0v) is 14.8. The van der Waals surface area contributed by atoms with Gasteiger partial charge >= 0.3 is 5.97 Å². The number of thioether (sulfide) groups is 1. The summed E-state index contributed by atoms with van der Waals surface area (Å²) in [7, 11) is 1.93. The first kappa shape index (κ1) is 18.4. The van der Waals surface area contributed by atoms with Gasteiger partial charge in [-0.25, -0.2) is 4.79 Å². The molecule has 0 unspecified atom stereocenters. The number of carbonyl (C=O) groups is 2. The Hall–Kier alpha value is -1.99. The summed E-state index contributed by atoms with van der Waals surface area (Å²) in [5.74, 6) is -0.520. The quantitative estimate of drug-likeness (QED) is 0.651. The van der Waals surface area contributed by atoms with Crippen LogP contribution in [0.2, 0.25) is 0 Å². The first-order valence-corrected chi connectivity index (χ1v) is 9.21. The number of benzene rings is 1. The van der Waals surface area contributed by atoms with E-state index < -0.39 is 18.1 Å². The number of carbonyl (C=O) groups excluding carboxylic acids is 1. The van der Waals surface area contributed by atoms with Crippen molar-refractivity contribution in [3.63, 3.8) is 0 Å². The lowest BCUT2D eigenvalue weighted by atomic mass is 10.0. The average molecular weight is 350 g/mol. The van der Waals surface area contributed by atoms with E-state index in [9.17, 15) is 14.7 Å². The fourth-order valence-corrected chi connectivity index (χ4v) is 3.21. The maximum atomic E-state index is 12.2. The van der Waals surface area contributed by atoms with Crippen molar-refractivity contribution in [2.75, 3.05) is 12.0 Å². The largest absolute Gasteiger partial charge is 0.480 e. The molecule has 0 radical (unpaired) electrons. The summed E-state index contributed by atoms with van der Waals surface area (Å²) in [4.78, 5) is 23.7. The Kier molecular flexibility index (Phi) is 6.28. The van der Waals surface area contributed by atoms with Gasteiger partial charge in [-0.3, -0.25) is 4.79 Å². The van der Waals surface area contributed by atoms with Gasteiger partial charge in [0.15, 0.2) is 6.04 Å². The Balaban J connectivity index is 2.13. The predicted molar refractivity (Wildman–Crippen MR) is 95.9 cm³/mol. The molecule has 0 saturated heterocycles. The molecule has 0 aliphatic carbocycles. The summed E-state index contributed by atoms with van der Waals surface area (Å²) in [5.41, 5.74) is 5.77. The summed E-state index contributed by atoms with van der Waals surface area (Å²) in [6, 6.07) is 6.43. The molecule has 1 heterocycles. The molecule has 1 amide bonds. The lowest BCUT2D eigenvalue weighted by molar-refractivity contribution is -0.404. The van der Waals surface area contributed by atoms with Crippen molar-refractivity contribution < 1.29 is 20.4 Å². The Morgan fingerprint density at radius 2 is 2.08 bits per heavy atom. The van der Waals surface area contributed by atoms with E-state index in [0.717, 1.165) is 22.2 Å². The van der Waals surface area contributed by atoms with Crippen molar-refractivity contribution in [1.29, 1.82) is 0 Å². The van der Waals surface area contributed by atoms with E-state index in [1.807, 2.05) is 48.3 Å². The molecule has 0 saturated carbocycles. The molecule has 2 rings (SSSR count). The number of hydrogen-bond donors (Lipinski definition) is 3. The van der Waals surface area contributed by atoms with Crippen molar-refractivity contribution in [2.45, 2.75) is 24.9 Å². The van der Waals surface area contributed by atoms with E-state index >= 15 is 0 Å². The number of rotatable bonds is 8. The van der Waals surface area contributed by atoms with Gasteiger partial charge in [0.25, 0.3) is 5.91 Å². The Morgan fingerprint density at radius 1 is 1.38 bits per heavy atom. The Labute approximate surface area is 145 Å². The first-order chi connectivity index (χ1) is 11.4. The van der Waals surface area contributed by atoms with E-state index in [-0.39, 0.29) is 12.3 Å². The highest BCUT2D eigenvalue weighted by Crippen LogP contribution is 2.21. The van der Waals surface area contributed by atoms with Crippen LogP contribution >= 0.6 is 11.8 Å². The zero-order chi connectivity index (χ0) is 17.7. The first-order valence-electron chi connectivity index (χ1n) is 7.82. The third-order valence-electron chi connectivity index (χ3n) is 4.06. The molecule has 130 valence electrons. The van der Waals surface area contributed by atoms with Crippen LogP contribution in [0.3, 0.4) is 0 Å². The third-order valence-corrected chi connectivity index (χ3v) is 4.70. The SMILES string of the molecule is CSCC[C@H]([NH3+])C(=O)N[C@H](Cc1cn(C)c2ccccc12)C(=O)O. The molecule has 0 bridgehead atoms. The normalized spacial score (nSPS) is 13.6. The minimum atomic E-state index is -1.03. The molecule has 2 atom stereocenters. The van der Waals surface area contributed by atoms with E-state index in [4.69, 9.17) is 0 Å². The maximum Gasteiger partial charge on any atom is 0.326 e. The number of amides is 1. The molecule has 0 aliphatic rings. The van der Waals surface area contributed by atoms with E-state index in [0.29, 0.717) is 6.42 Å². The van der Waals surface area contributed by atoms with Crippen molar-refractivity contribution >= 4 is 34.5 Å². The fourth-order valence-electron chi connectivity index (χ4n) is 2.69. The van der Waals surface area contributed by atoms with Crippen LogP contribution in [0.5, 0.6) is 0 Å². The summed E-state index contributed by atoms with van der Waals surface area (Å²) in [6.07, 6.45) is 4.76. The number of aromatic nitrogens is 1. The standard InChI is InChI=1S/C17H23N3O3S/c1-20-10-11(12-5-3-4-6-15(12)20)9-14(17(22)23)19-16(21)13(18)7-8-24-2/h3-6,10,13-14H,7-9,18H2,1-2H3,(H,19,21)(H,22,23)/p+1/t13-,14+/m0/s1. The van der Waals surface area contributed by atoms with Crippen LogP contribution in [0.4, 0.5) is 0 Å². The molecule has 7 heteroatoms. The highest BCUT2D eigenvalue weighted by Gasteiger charge is 2.26. The number of quaternary nitrogens is 1. The van der Waals surface area contributed by atoms with Crippen LogP contribution in [0.1, 0.15) is 12.0 Å². The second-order valence-corrected chi connectivity index (χ2v) is 6.85. The monoisotopic (exact) mass is 350 g/mol. The second kappa shape index (κ2) is 8.21. The van der Waals surface area contributed by atoms with Crippen molar-refractivity contribution in [2.24, 2.45) is 7.05 Å². The van der Waals surface area contributed by atoms with E-state index in [2.05, 4.69) is 11.1 Å². The van der Waals surface area contributed by atoms with Crippen LogP contribution in [-0.2, 0) is 23.1 Å². The molecule has 2 aromatic rings. The molecular formula is C17H24N3O3S+. The molecule has 0 spiro atoms. The van der Waals surface area contributed by atoms with Crippen LogP contribution in [0.15, 0.2) is 30.5 Å². The number of nitrogens with zero attached hydrogens (tertiary/aromatic N) is 1. The maximum absolute atomic E-state index is 12.2. The minimum Gasteiger partial charge on any atom is -0.480 e. The highest BCUT2D eigenvalue weighted by atomic mass is 32.2. The smallest absolute Gasteiger partial charge is 0.326 e. The number of para-hydroxylation sites is 1. The number of fused-ring (bicyclic) bond motifs is 1. The molecule has 1 aromatic heterocycles. The topological polar surface area (TPSA) is 99.0 Å². The summed E-state index contributed by atoms with van der Waals surface area (Å²) in [6.45, 7) is 0. The number of aliphatic carboxylic acids is 1. The van der Waals surface area contributed by atoms with Gasteiger partial charge in [0.1, 0.15) is 6.04 Å². The van der Waals surface area contributed by atoms with Gasteiger partial charge in [0.2, 0.25) is 0 Å². The third kappa shape index (κ3) is 4.30. The van der Waals surface area contributed by atoms with Gasteiger partial charge in [-0.2, -0.15) is 11.8 Å². The van der Waals surface area contributed by atoms with Crippen LogP contribution < -0.4 is 11.1 Å². The molecular weight excluding hydrogens is 326 g/mol. The van der Waals surface area contributed by atoms with Crippen molar-refractivity contribution in [1.82, 2.24) is 9.88 Å². The number of carboxylic acids is 1. The predicted octanol–water partition coefficient (Wildman–Crippen LogP) is 0.654. The average Bonchev–Trinajstić information content (AvgIpc) is 2.88. The van der Waals surface area contributed by atoms with Crippen molar-refractivity contribution in [3.05, 3.63) is 36.0 Å². The summed E-state index contributed by atoms with van der Waals surface area (Å²) < 4.78 is 1.97. The van der Waals surface area contributed by atoms with E-state index in [1.165, 1.54) is 0 Å². The molecule has 0 fully saturated rings. The molecule has 1 aromatic carbocycles. The Bertz CT molecular complexity index is 729. The number of aryl methyl sites for hydroxylation is 1. The van der Waals surface area contributed by atoms with Crippen LogP contribution in [-0.4, -0.2) is 45.6 Å². The van der Waals surface area contributed by atoms with E-state index in [1.54, 1.807) is 11.8 Å². The minimum absolute atomic E-state index is 0.248. The van der Waals surface area contributed by atoms with Crippen LogP contribution in [0, 0.1) is 0 Å². The lowest BCUT2D eigenvalue weighted by Crippen LogP contribution is -2.68. The summed E-state index contributed by atoms with van der Waals surface area (Å²) in [5, 5.41) is 13.1. The highest BCUT2D eigenvalue weighted by molar-refractivity contribution is 7.98. The fraction of sp³-hybridized carbons (Fsp3) is 0.412. The summed E-state index contributed by atoms with van der Waals surface area (Å²) >= 11 is 1.64. The number of carboxylic acid groups (broad SMARTS) is 1. The molecule has 24 heavy (non-hydrogen) atoms. The lowest BCUT2D eigenvalue weighted by Gasteiger charge is -2.16. The van der Waals surface area contributed by atoms with Gasteiger partial charge in [-0.15, -0.1) is 0 Å². The van der Waals surface area contributed by atoms with Gasteiger partial charge < -0.3 is 20.7 Å². The molecule has 5 N–H and O–H groups in total. The van der Waals surface area contributed by atoms with Crippen molar-refractivity contribution in [3.8, 4) is 0 Å². The van der Waals surface area contributed by atoms with Crippen LogP contribution in [0.25, 0.3) is 10.9 Å². The van der Waals surface area contributed by atoms with Gasteiger partial charge in [0, 0.05) is 37.0 Å². The zero-order valence-electron chi connectivity index (χ0n) is 14.0. The van der Waals surface area contributed by atoms with Gasteiger partial charge in [0.05, 0.1) is 0 Å². The van der Waals surface area contributed by atoms with Gasteiger partial charge in [-0.05, 0) is 23.6 Å². The number of nitrogens with one attached hydrogen (secondary N) is 1. The molecule has 0 aliphatic heterocycles. The molecule has 6 nitrogen and oxygen atoms in total. The Morgan fingerprint density at radius 3 is 2.75 bits per heavy atom. The van der Waals surface area contributed by atoms with Gasteiger partial charge in [-0.1, -0.05) is 18.2 Å². The number of hydrogen-bond acceptors (Lipinski definition) is 3. The second-order valence-electron chi connectivity index (χ2n) is 5.86.